The average Bonchev–Trinajstić information content (AvgIpc) is 2.70. The minimum absolute atomic E-state index is 0.0286. The van der Waals surface area contributed by atoms with Crippen molar-refractivity contribution in [2.24, 2.45) is 11.8 Å². The number of hydrogen-bond acceptors (Lipinski definition) is 4. The number of benzene rings is 1. The lowest BCUT2D eigenvalue weighted by atomic mass is 9.95. The van der Waals surface area contributed by atoms with Gasteiger partial charge in [-0.15, -0.1) is 0 Å². The average molecular weight is 415 g/mol. The van der Waals surface area contributed by atoms with Gasteiger partial charge in [0.05, 0.1) is 16.3 Å². The number of hydrogen-bond donors (Lipinski definition) is 2. The van der Waals surface area contributed by atoms with E-state index in [2.05, 4.69) is 34.4 Å². The Hall–Kier alpha value is -2.44. The van der Waals surface area contributed by atoms with Crippen molar-refractivity contribution in [1.29, 1.82) is 0 Å². The van der Waals surface area contributed by atoms with Crippen molar-refractivity contribution in [3.05, 3.63) is 53.2 Å². The summed E-state index contributed by atoms with van der Waals surface area (Å²) in [7, 11) is 0. The monoisotopic (exact) mass is 414 g/mol. The molecule has 6 nitrogen and oxygen atoms in total. The predicted molar refractivity (Wildman–Crippen MR) is 116 cm³/mol. The fraction of sp³-hybridized carbons (Fsp3) is 0.409. The van der Waals surface area contributed by atoms with Crippen LogP contribution in [0.1, 0.15) is 37.0 Å². The second-order valence-electron chi connectivity index (χ2n) is 7.82. The van der Waals surface area contributed by atoms with Crippen LogP contribution in [0.2, 0.25) is 5.02 Å². The third-order valence-electron chi connectivity index (χ3n) is 4.98. The first-order chi connectivity index (χ1) is 13.9. The summed E-state index contributed by atoms with van der Waals surface area (Å²) in [6.45, 7) is 7.35. The van der Waals surface area contributed by atoms with E-state index in [1.165, 1.54) is 6.20 Å². The van der Waals surface area contributed by atoms with Crippen molar-refractivity contribution in [2.75, 3.05) is 30.3 Å². The number of aromatic nitrogens is 1. The Morgan fingerprint density at radius 3 is 2.52 bits per heavy atom. The predicted octanol–water partition coefficient (Wildman–Crippen LogP) is 4.29. The first-order valence-electron chi connectivity index (χ1n) is 9.97. The number of halogens is 1. The molecule has 0 bridgehead atoms. The zero-order valence-corrected chi connectivity index (χ0v) is 17.6. The third kappa shape index (κ3) is 6.02. The molecule has 1 fully saturated rings. The lowest BCUT2D eigenvalue weighted by Crippen LogP contribution is -2.39. The van der Waals surface area contributed by atoms with Crippen LogP contribution >= 0.6 is 11.6 Å². The van der Waals surface area contributed by atoms with Crippen molar-refractivity contribution in [2.45, 2.75) is 26.7 Å². The Labute approximate surface area is 176 Å². The molecular formula is C22H27ClN4O2. The Bertz CT molecular complexity index is 846. The number of para-hydroxylation sites is 1. The lowest BCUT2D eigenvalue weighted by Gasteiger charge is -2.32. The van der Waals surface area contributed by atoms with Crippen LogP contribution in [0.4, 0.5) is 11.5 Å². The minimum Gasteiger partial charge on any atom is -0.325 e. The van der Waals surface area contributed by atoms with Gasteiger partial charge in [-0.1, -0.05) is 37.6 Å². The van der Waals surface area contributed by atoms with E-state index in [1.54, 1.807) is 36.4 Å². The molecule has 3 rings (SSSR count). The largest absolute Gasteiger partial charge is 0.325 e. The van der Waals surface area contributed by atoms with Crippen LogP contribution in [0, 0.1) is 11.8 Å². The molecular weight excluding hydrogens is 388 g/mol. The molecule has 1 aliphatic heterocycles. The molecule has 29 heavy (non-hydrogen) atoms. The second-order valence-corrected chi connectivity index (χ2v) is 8.26. The topological polar surface area (TPSA) is 74.3 Å². The number of nitrogens with one attached hydrogen (secondary N) is 2. The molecule has 154 valence electrons. The SMILES string of the molecule is CC(C)CN1CCC(C(=O)Nc2ccccc2C(=O)Nc2ccc(Cl)cn2)CC1. The lowest BCUT2D eigenvalue weighted by molar-refractivity contribution is -0.121. The zero-order chi connectivity index (χ0) is 20.8. The maximum absolute atomic E-state index is 12.8. The summed E-state index contributed by atoms with van der Waals surface area (Å²) in [5, 5.41) is 6.18. The van der Waals surface area contributed by atoms with Gasteiger partial charge in [-0.3, -0.25) is 9.59 Å². The number of carbonyl (C=O) groups is 2. The van der Waals surface area contributed by atoms with Crippen LogP contribution in [0.3, 0.4) is 0 Å². The fourth-order valence-corrected chi connectivity index (χ4v) is 3.66. The Kier molecular flexibility index (Phi) is 7.23. The van der Waals surface area contributed by atoms with Crippen molar-refractivity contribution in [1.82, 2.24) is 9.88 Å². The maximum Gasteiger partial charge on any atom is 0.258 e. The molecule has 0 radical (unpaired) electrons. The van der Waals surface area contributed by atoms with Gasteiger partial charge >= 0.3 is 0 Å². The molecule has 2 amide bonds. The molecule has 0 spiro atoms. The summed E-state index contributed by atoms with van der Waals surface area (Å²) in [5.74, 6) is 0.632. The van der Waals surface area contributed by atoms with E-state index in [1.807, 2.05) is 0 Å². The van der Waals surface area contributed by atoms with E-state index in [9.17, 15) is 9.59 Å². The van der Waals surface area contributed by atoms with Gasteiger partial charge in [0, 0.05) is 18.7 Å². The molecule has 2 aromatic rings. The van der Waals surface area contributed by atoms with E-state index >= 15 is 0 Å². The van der Waals surface area contributed by atoms with Crippen molar-refractivity contribution in [3.8, 4) is 0 Å². The number of nitrogens with zero attached hydrogens (tertiary/aromatic N) is 2. The highest BCUT2D eigenvalue weighted by Gasteiger charge is 2.26. The molecule has 0 atom stereocenters. The smallest absolute Gasteiger partial charge is 0.258 e. The molecule has 0 saturated carbocycles. The molecule has 1 aromatic carbocycles. The van der Waals surface area contributed by atoms with Gasteiger partial charge < -0.3 is 15.5 Å². The van der Waals surface area contributed by atoms with E-state index in [-0.39, 0.29) is 17.7 Å². The number of amides is 2. The quantitative estimate of drug-likeness (QED) is 0.739. The summed E-state index contributed by atoms with van der Waals surface area (Å²) >= 11 is 5.83. The van der Waals surface area contributed by atoms with Gasteiger partial charge in [0.2, 0.25) is 5.91 Å². The Morgan fingerprint density at radius 2 is 1.86 bits per heavy atom. The fourth-order valence-electron chi connectivity index (χ4n) is 3.55. The van der Waals surface area contributed by atoms with Crippen LogP contribution < -0.4 is 10.6 Å². The highest BCUT2D eigenvalue weighted by molar-refractivity contribution is 6.30. The molecule has 2 N–H and O–H groups in total. The van der Waals surface area contributed by atoms with E-state index in [0.29, 0.717) is 28.0 Å². The normalized spacial score (nSPS) is 15.3. The molecule has 0 aliphatic carbocycles. The van der Waals surface area contributed by atoms with Crippen LogP contribution in [0.25, 0.3) is 0 Å². The number of carbonyl (C=O) groups excluding carboxylic acids is 2. The highest BCUT2D eigenvalue weighted by Crippen LogP contribution is 2.23. The van der Waals surface area contributed by atoms with E-state index < -0.39 is 0 Å². The summed E-state index contributed by atoms with van der Waals surface area (Å²) in [5.41, 5.74) is 0.906. The standard InChI is InChI=1S/C22H27ClN4O2/c1-15(2)14-27-11-9-16(10-12-27)21(28)25-19-6-4-3-5-18(19)22(29)26-20-8-7-17(23)13-24-20/h3-8,13,15-16H,9-12,14H2,1-2H3,(H,25,28)(H,24,26,29). The molecule has 1 saturated heterocycles. The number of piperidine rings is 1. The maximum atomic E-state index is 12.8. The number of pyridine rings is 1. The van der Waals surface area contributed by atoms with Crippen LogP contribution in [-0.4, -0.2) is 41.3 Å². The van der Waals surface area contributed by atoms with Gasteiger partial charge in [-0.25, -0.2) is 4.98 Å². The number of anilines is 2. The zero-order valence-electron chi connectivity index (χ0n) is 16.8. The van der Waals surface area contributed by atoms with Crippen molar-refractivity contribution >= 4 is 34.9 Å². The second kappa shape index (κ2) is 9.85. The number of likely N-dealkylation sites (tertiary alicyclic amines) is 1. The van der Waals surface area contributed by atoms with Gasteiger partial charge in [0.25, 0.3) is 5.91 Å². The summed E-state index contributed by atoms with van der Waals surface area (Å²) in [4.78, 5) is 32.0. The summed E-state index contributed by atoms with van der Waals surface area (Å²) in [6.07, 6.45) is 3.14. The highest BCUT2D eigenvalue weighted by atomic mass is 35.5. The van der Waals surface area contributed by atoms with E-state index in [4.69, 9.17) is 11.6 Å². The summed E-state index contributed by atoms with van der Waals surface area (Å²) < 4.78 is 0. The first kappa shape index (κ1) is 21.3. The van der Waals surface area contributed by atoms with Crippen LogP contribution in [0.5, 0.6) is 0 Å². The molecule has 1 aromatic heterocycles. The van der Waals surface area contributed by atoms with Gasteiger partial charge in [0.15, 0.2) is 0 Å². The minimum atomic E-state index is -0.331. The van der Waals surface area contributed by atoms with Gasteiger partial charge in [0.1, 0.15) is 5.82 Å². The summed E-state index contributed by atoms with van der Waals surface area (Å²) in [6, 6.07) is 10.3. The molecule has 0 unspecified atom stereocenters. The van der Waals surface area contributed by atoms with Crippen molar-refractivity contribution < 1.29 is 9.59 Å². The van der Waals surface area contributed by atoms with Crippen LogP contribution in [-0.2, 0) is 4.79 Å². The molecule has 1 aliphatic rings. The molecule has 2 heterocycles. The Balaban J connectivity index is 1.62. The van der Waals surface area contributed by atoms with E-state index in [0.717, 1.165) is 32.5 Å². The Morgan fingerprint density at radius 1 is 1.14 bits per heavy atom. The third-order valence-corrected chi connectivity index (χ3v) is 5.20. The molecule has 7 heteroatoms. The van der Waals surface area contributed by atoms with Crippen LogP contribution in [0.15, 0.2) is 42.6 Å². The number of rotatable bonds is 6. The first-order valence-corrected chi connectivity index (χ1v) is 10.4. The van der Waals surface area contributed by atoms with Crippen molar-refractivity contribution in [3.63, 3.8) is 0 Å². The van der Waals surface area contributed by atoms with Gasteiger partial charge in [-0.05, 0) is 56.1 Å². The van der Waals surface area contributed by atoms with Gasteiger partial charge in [-0.2, -0.15) is 0 Å².